The monoisotopic (exact) mass is 162 g/mol. The van der Waals surface area contributed by atoms with Crippen LogP contribution in [0.5, 0.6) is 0 Å². The molecule has 1 heteroatoms. The molecule has 1 aromatic carbocycles. The molecule has 0 bridgehead atoms. The summed E-state index contributed by atoms with van der Waals surface area (Å²) in [5.41, 5.74) is 1.50. The number of benzene rings is 1. The second-order valence-electron chi connectivity index (χ2n) is 3.54. The van der Waals surface area contributed by atoms with Gasteiger partial charge < -0.3 is 5.32 Å². The number of nitrogens with two attached hydrogens (primary N) is 1. The van der Waals surface area contributed by atoms with Crippen LogP contribution in [0.1, 0.15) is 30.9 Å². The molecule has 2 N–H and O–H groups in total. The lowest BCUT2D eigenvalue weighted by atomic mass is 9.98. The minimum Gasteiger partial charge on any atom is -0.340 e. The Morgan fingerprint density at radius 2 is 1.92 bits per heavy atom. The van der Waals surface area contributed by atoms with Crippen molar-refractivity contribution < 1.29 is 5.32 Å². The van der Waals surface area contributed by atoms with E-state index in [1.54, 1.807) is 0 Å². The molecule has 1 saturated heterocycles. The van der Waals surface area contributed by atoms with Gasteiger partial charge in [-0.25, -0.2) is 0 Å². The zero-order valence-electron chi connectivity index (χ0n) is 7.37. The summed E-state index contributed by atoms with van der Waals surface area (Å²) in [6.07, 6.45) is 4.14. The molecule has 0 aromatic heterocycles. The number of hydrogen-bond donors (Lipinski definition) is 1. The van der Waals surface area contributed by atoms with E-state index in [9.17, 15) is 0 Å². The van der Waals surface area contributed by atoms with E-state index in [0.29, 0.717) is 0 Å². The zero-order valence-corrected chi connectivity index (χ0v) is 7.37. The van der Waals surface area contributed by atoms with Crippen LogP contribution in [0, 0.1) is 0 Å². The van der Waals surface area contributed by atoms with Crippen LogP contribution in [-0.4, -0.2) is 6.54 Å². The molecule has 1 aliphatic rings. The molecule has 1 nitrogen and oxygen atoms in total. The maximum absolute atomic E-state index is 2.47. The SMILES string of the molecule is c1ccc(C2CCCC[NH2+]2)cc1. The lowest BCUT2D eigenvalue weighted by Crippen LogP contribution is -2.86. The molecular weight excluding hydrogens is 146 g/mol. The standard InChI is InChI=1S/C11H15N/c1-2-6-10(7-3-1)11-8-4-5-9-12-11/h1-3,6-7,11-12H,4-5,8-9H2/p+1. The van der Waals surface area contributed by atoms with Crippen molar-refractivity contribution in [3.63, 3.8) is 0 Å². The highest BCUT2D eigenvalue weighted by atomic mass is 14.9. The fourth-order valence-electron chi connectivity index (χ4n) is 1.95. The summed E-state index contributed by atoms with van der Waals surface area (Å²) in [5, 5.41) is 2.47. The first-order chi connectivity index (χ1) is 5.97. The maximum atomic E-state index is 2.47. The van der Waals surface area contributed by atoms with E-state index >= 15 is 0 Å². The number of hydrogen-bond acceptors (Lipinski definition) is 0. The Morgan fingerprint density at radius 1 is 1.08 bits per heavy atom. The van der Waals surface area contributed by atoms with E-state index in [1.807, 2.05) is 0 Å². The number of piperidine rings is 1. The van der Waals surface area contributed by atoms with Gasteiger partial charge >= 0.3 is 0 Å². The van der Waals surface area contributed by atoms with Gasteiger partial charge in [0, 0.05) is 12.0 Å². The zero-order chi connectivity index (χ0) is 8.23. The molecule has 0 amide bonds. The van der Waals surface area contributed by atoms with Crippen molar-refractivity contribution >= 4 is 0 Å². The van der Waals surface area contributed by atoms with Gasteiger partial charge in [-0.1, -0.05) is 30.3 Å². The van der Waals surface area contributed by atoms with Crippen molar-refractivity contribution in [1.29, 1.82) is 0 Å². The fourth-order valence-corrected chi connectivity index (χ4v) is 1.95. The van der Waals surface area contributed by atoms with Crippen LogP contribution in [0.15, 0.2) is 30.3 Å². The summed E-state index contributed by atoms with van der Waals surface area (Å²) in [6.45, 7) is 1.31. The third kappa shape index (κ3) is 1.67. The van der Waals surface area contributed by atoms with E-state index in [4.69, 9.17) is 0 Å². The second kappa shape index (κ2) is 3.72. The van der Waals surface area contributed by atoms with Crippen molar-refractivity contribution in [3.8, 4) is 0 Å². The van der Waals surface area contributed by atoms with Crippen molar-refractivity contribution in [1.82, 2.24) is 0 Å². The third-order valence-electron chi connectivity index (χ3n) is 2.65. The van der Waals surface area contributed by atoms with E-state index < -0.39 is 0 Å². The Morgan fingerprint density at radius 3 is 2.58 bits per heavy atom. The van der Waals surface area contributed by atoms with Crippen LogP contribution in [-0.2, 0) is 0 Å². The molecule has 1 aliphatic heterocycles. The molecule has 0 radical (unpaired) electrons. The molecule has 0 spiro atoms. The topological polar surface area (TPSA) is 16.6 Å². The Balaban J connectivity index is 2.08. The van der Waals surface area contributed by atoms with Gasteiger partial charge in [0.2, 0.25) is 0 Å². The van der Waals surface area contributed by atoms with Gasteiger partial charge in [0.15, 0.2) is 0 Å². The van der Waals surface area contributed by atoms with Gasteiger partial charge in [-0.15, -0.1) is 0 Å². The van der Waals surface area contributed by atoms with E-state index in [2.05, 4.69) is 35.6 Å². The normalized spacial score (nSPS) is 23.8. The van der Waals surface area contributed by atoms with E-state index in [-0.39, 0.29) is 0 Å². The summed E-state index contributed by atoms with van der Waals surface area (Å²) in [4.78, 5) is 0. The van der Waals surface area contributed by atoms with Crippen LogP contribution < -0.4 is 5.32 Å². The van der Waals surface area contributed by atoms with Gasteiger partial charge in [-0.05, 0) is 12.8 Å². The number of rotatable bonds is 1. The van der Waals surface area contributed by atoms with E-state index in [0.717, 1.165) is 6.04 Å². The van der Waals surface area contributed by atoms with Crippen LogP contribution in [0.25, 0.3) is 0 Å². The van der Waals surface area contributed by atoms with Gasteiger partial charge in [0.25, 0.3) is 0 Å². The van der Waals surface area contributed by atoms with Crippen molar-refractivity contribution in [2.45, 2.75) is 25.3 Å². The Hall–Kier alpha value is -0.820. The van der Waals surface area contributed by atoms with Crippen molar-refractivity contribution in [3.05, 3.63) is 35.9 Å². The predicted molar refractivity (Wildman–Crippen MR) is 49.8 cm³/mol. The molecule has 1 fully saturated rings. The average Bonchev–Trinajstić information content (AvgIpc) is 2.21. The summed E-state index contributed by atoms with van der Waals surface area (Å²) >= 11 is 0. The molecule has 1 unspecified atom stereocenters. The molecule has 1 aromatic rings. The Bertz CT molecular complexity index is 224. The van der Waals surface area contributed by atoms with E-state index in [1.165, 1.54) is 31.4 Å². The molecule has 12 heavy (non-hydrogen) atoms. The summed E-state index contributed by atoms with van der Waals surface area (Å²) in [7, 11) is 0. The Kier molecular flexibility index (Phi) is 2.42. The lowest BCUT2D eigenvalue weighted by molar-refractivity contribution is -0.704. The molecule has 0 saturated carbocycles. The summed E-state index contributed by atoms with van der Waals surface area (Å²) < 4.78 is 0. The molecule has 0 aliphatic carbocycles. The van der Waals surface area contributed by atoms with Crippen LogP contribution in [0.2, 0.25) is 0 Å². The second-order valence-corrected chi connectivity index (χ2v) is 3.54. The van der Waals surface area contributed by atoms with Crippen LogP contribution >= 0.6 is 0 Å². The summed E-state index contributed by atoms with van der Waals surface area (Å²) in [6, 6.07) is 11.6. The first-order valence-electron chi connectivity index (χ1n) is 4.85. The average molecular weight is 162 g/mol. The minimum atomic E-state index is 0.736. The van der Waals surface area contributed by atoms with Crippen LogP contribution in [0.3, 0.4) is 0 Å². The highest BCUT2D eigenvalue weighted by Crippen LogP contribution is 2.16. The van der Waals surface area contributed by atoms with Gasteiger partial charge in [-0.2, -0.15) is 0 Å². The van der Waals surface area contributed by atoms with Crippen molar-refractivity contribution in [2.24, 2.45) is 0 Å². The first-order valence-corrected chi connectivity index (χ1v) is 4.85. The van der Waals surface area contributed by atoms with Crippen LogP contribution in [0.4, 0.5) is 0 Å². The van der Waals surface area contributed by atoms with Gasteiger partial charge in [0.1, 0.15) is 6.04 Å². The van der Waals surface area contributed by atoms with Gasteiger partial charge in [-0.3, -0.25) is 0 Å². The summed E-state index contributed by atoms with van der Waals surface area (Å²) in [5.74, 6) is 0. The molecule has 1 atom stereocenters. The molecule has 2 rings (SSSR count). The van der Waals surface area contributed by atoms with Crippen molar-refractivity contribution in [2.75, 3.05) is 6.54 Å². The lowest BCUT2D eigenvalue weighted by Gasteiger charge is -2.20. The predicted octanol–water partition coefficient (Wildman–Crippen LogP) is 1.47. The quantitative estimate of drug-likeness (QED) is 0.644. The maximum Gasteiger partial charge on any atom is 0.112 e. The molecular formula is C11H16N+. The molecule has 1 heterocycles. The fraction of sp³-hybridized carbons (Fsp3) is 0.455. The minimum absolute atomic E-state index is 0.736. The smallest absolute Gasteiger partial charge is 0.112 e. The number of quaternary nitrogens is 1. The largest absolute Gasteiger partial charge is 0.340 e. The highest BCUT2D eigenvalue weighted by Gasteiger charge is 2.17. The third-order valence-corrected chi connectivity index (χ3v) is 2.65. The molecule has 64 valence electrons. The van der Waals surface area contributed by atoms with Gasteiger partial charge in [0.05, 0.1) is 6.54 Å². The first kappa shape index (κ1) is 7.81. The highest BCUT2D eigenvalue weighted by molar-refractivity contribution is 5.16. The Labute approximate surface area is 73.8 Å².